The third-order valence-corrected chi connectivity index (χ3v) is 4.55. The van der Waals surface area contributed by atoms with Crippen LogP contribution < -0.4 is 0 Å². The van der Waals surface area contributed by atoms with Crippen LogP contribution in [-0.4, -0.2) is 26.3 Å². The third-order valence-electron chi connectivity index (χ3n) is 3.23. The number of carboxylic acid groups (broad SMARTS) is 1. The molecule has 0 aliphatic rings. The molecule has 0 saturated carbocycles. The number of imidazole rings is 1. The molecule has 0 radical (unpaired) electrons. The van der Waals surface area contributed by atoms with Gasteiger partial charge in [0.1, 0.15) is 5.25 Å². The lowest BCUT2D eigenvalue weighted by Gasteiger charge is -2.10. The third kappa shape index (κ3) is 3.43. The highest BCUT2D eigenvalue weighted by atomic mass is 35.5. The lowest BCUT2D eigenvalue weighted by molar-refractivity contribution is -0.136. The summed E-state index contributed by atoms with van der Waals surface area (Å²) in [5, 5.41) is 10.1. The first-order chi connectivity index (χ1) is 10.6. The van der Waals surface area contributed by atoms with E-state index in [1.54, 1.807) is 12.1 Å². The summed E-state index contributed by atoms with van der Waals surface area (Å²) in [4.78, 5) is 19.1. The Morgan fingerprint density at radius 2 is 1.95 bits per heavy atom. The molecule has 0 saturated heterocycles. The maximum absolute atomic E-state index is 11.5. The Hall–Kier alpha value is -1.98. The number of benzene rings is 2. The quantitative estimate of drug-likeness (QED) is 0.693. The van der Waals surface area contributed by atoms with Gasteiger partial charge >= 0.3 is 5.97 Å². The number of aromatic amines is 1. The van der Waals surface area contributed by atoms with Crippen molar-refractivity contribution in [1.82, 2.24) is 9.97 Å². The zero-order valence-electron chi connectivity index (χ0n) is 11.5. The average Bonchev–Trinajstić information content (AvgIpc) is 2.91. The van der Waals surface area contributed by atoms with Gasteiger partial charge in [0.2, 0.25) is 0 Å². The fourth-order valence-corrected chi connectivity index (χ4v) is 3.23. The Morgan fingerprint density at radius 1 is 1.23 bits per heavy atom. The number of rotatable bonds is 5. The van der Waals surface area contributed by atoms with Gasteiger partial charge in [-0.1, -0.05) is 47.6 Å². The Morgan fingerprint density at radius 3 is 2.64 bits per heavy atom. The Labute approximate surface area is 136 Å². The van der Waals surface area contributed by atoms with Gasteiger partial charge in [-0.3, -0.25) is 4.79 Å². The van der Waals surface area contributed by atoms with Gasteiger partial charge in [0.25, 0.3) is 0 Å². The predicted molar refractivity (Wildman–Crippen MR) is 88.5 cm³/mol. The zero-order valence-corrected chi connectivity index (χ0v) is 13.1. The summed E-state index contributed by atoms with van der Waals surface area (Å²) in [6.45, 7) is 0. The standard InChI is InChI=1S/C16H13ClN2O2S/c17-11-7-5-10(6-8-11)9-14(15(20)21)22-16-18-12-3-1-2-4-13(12)19-16/h1-8,14H,9H2,(H,18,19)(H,20,21)/t14-/m0/s1. The van der Waals surface area contributed by atoms with Crippen LogP contribution in [0.15, 0.2) is 53.7 Å². The molecule has 22 heavy (non-hydrogen) atoms. The van der Waals surface area contributed by atoms with Crippen molar-refractivity contribution in [3.8, 4) is 0 Å². The second-order valence-corrected chi connectivity index (χ2v) is 6.46. The number of fused-ring (bicyclic) bond motifs is 1. The van der Waals surface area contributed by atoms with Crippen molar-refractivity contribution in [1.29, 1.82) is 0 Å². The van der Waals surface area contributed by atoms with E-state index in [2.05, 4.69) is 9.97 Å². The molecule has 0 unspecified atom stereocenters. The van der Waals surface area contributed by atoms with Crippen LogP contribution in [0.4, 0.5) is 0 Å². The number of hydrogen-bond donors (Lipinski definition) is 2. The number of carbonyl (C=O) groups is 1. The first-order valence-corrected chi connectivity index (χ1v) is 7.96. The van der Waals surface area contributed by atoms with E-state index in [4.69, 9.17) is 11.6 Å². The molecular formula is C16H13ClN2O2S. The van der Waals surface area contributed by atoms with E-state index >= 15 is 0 Å². The van der Waals surface area contributed by atoms with Gasteiger partial charge < -0.3 is 10.1 Å². The molecule has 6 heteroatoms. The average molecular weight is 333 g/mol. The number of carboxylic acids is 1. The highest BCUT2D eigenvalue weighted by molar-refractivity contribution is 8.00. The number of thioether (sulfide) groups is 1. The minimum absolute atomic E-state index is 0.411. The van der Waals surface area contributed by atoms with E-state index in [0.29, 0.717) is 16.6 Å². The summed E-state index contributed by atoms with van der Waals surface area (Å²) in [5.74, 6) is -0.861. The molecule has 0 aliphatic heterocycles. The molecule has 0 amide bonds. The fraction of sp³-hybridized carbons (Fsp3) is 0.125. The highest BCUT2D eigenvalue weighted by Gasteiger charge is 2.21. The molecular weight excluding hydrogens is 320 g/mol. The van der Waals surface area contributed by atoms with Crippen LogP contribution >= 0.6 is 23.4 Å². The second-order valence-electron chi connectivity index (χ2n) is 4.83. The fourth-order valence-electron chi connectivity index (χ4n) is 2.13. The van der Waals surface area contributed by atoms with Gasteiger partial charge in [-0.25, -0.2) is 4.98 Å². The largest absolute Gasteiger partial charge is 0.480 e. The van der Waals surface area contributed by atoms with Crippen LogP contribution in [0.3, 0.4) is 0 Å². The van der Waals surface area contributed by atoms with Gasteiger partial charge in [0, 0.05) is 5.02 Å². The van der Waals surface area contributed by atoms with E-state index in [-0.39, 0.29) is 0 Å². The monoisotopic (exact) mass is 332 g/mol. The lowest BCUT2D eigenvalue weighted by Crippen LogP contribution is -2.19. The number of aliphatic carboxylic acids is 1. The minimum atomic E-state index is -0.861. The molecule has 2 N–H and O–H groups in total. The van der Waals surface area contributed by atoms with Gasteiger partial charge in [0.15, 0.2) is 5.16 Å². The number of nitrogens with one attached hydrogen (secondary N) is 1. The molecule has 0 bridgehead atoms. The van der Waals surface area contributed by atoms with Crippen molar-refractivity contribution < 1.29 is 9.90 Å². The molecule has 4 nitrogen and oxygen atoms in total. The summed E-state index contributed by atoms with van der Waals surface area (Å²) in [6, 6.07) is 14.8. The SMILES string of the molecule is O=C(O)[C@H](Cc1ccc(Cl)cc1)Sc1nc2ccccc2[nH]1. The first-order valence-electron chi connectivity index (χ1n) is 6.70. The lowest BCUT2D eigenvalue weighted by atomic mass is 10.1. The van der Waals surface area contributed by atoms with Crippen LogP contribution in [0.2, 0.25) is 5.02 Å². The van der Waals surface area contributed by atoms with E-state index < -0.39 is 11.2 Å². The number of nitrogens with zero attached hydrogens (tertiary/aromatic N) is 1. The number of halogens is 1. The van der Waals surface area contributed by atoms with Gasteiger partial charge in [-0.2, -0.15) is 0 Å². The molecule has 3 rings (SSSR count). The van der Waals surface area contributed by atoms with Crippen LogP contribution in [-0.2, 0) is 11.2 Å². The molecule has 0 fully saturated rings. The summed E-state index contributed by atoms with van der Waals surface area (Å²) >= 11 is 7.07. The van der Waals surface area contributed by atoms with Gasteiger partial charge in [0.05, 0.1) is 11.0 Å². The van der Waals surface area contributed by atoms with E-state index in [9.17, 15) is 9.90 Å². The number of para-hydroxylation sites is 2. The normalized spacial score (nSPS) is 12.4. The molecule has 0 spiro atoms. The van der Waals surface area contributed by atoms with Crippen molar-refractivity contribution in [2.45, 2.75) is 16.8 Å². The van der Waals surface area contributed by atoms with Crippen LogP contribution in [0, 0.1) is 0 Å². The smallest absolute Gasteiger partial charge is 0.317 e. The maximum Gasteiger partial charge on any atom is 0.317 e. The van der Waals surface area contributed by atoms with Crippen LogP contribution in [0.25, 0.3) is 11.0 Å². The summed E-state index contributed by atoms with van der Waals surface area (Å²) in [6.07, 6.45) is 0.411. The number of aromatic nitrogens is 2. The molecule has 112 valence electrons. The van der Waals surface area contributed by atoms with Crippen LogP contribution in [0.1, 0.15) is 5.56 Å². The van der Waals surface area contributed by atoms with Gasteiger partial charge in [-0.05, 0) is 36.2 Å². The van der Waals surface area contributed by atoms with Crippen molar-refractivity contribution in [3.63, 3.8) is 0 Å². The molecule has 2 aromatic carbocycles. The molecule has 3 aromatic rings. The number of hydrogen-bond acceptors (Lipinski definition) is 3. The predicted octanol–water partition coefficient (Wildman–Crippen LogP) is 4.00. The van der Waals surface area contributed by atoms with Gasteiger partial charge in [-0.15, -0.1) is 0 Å². The summed E-state index contributed by atoms with van der Waals surface area (Å²) in [5.41, 5.74) is 2.67. The molecule has 1 atom stereocenters. The Balaban J connectivity index is 1.79. The highest BCUT2D eigenvalue weighted by Crippen LogP contribution is 2.26. The zero-order chi connectivity index (χ0) is 15.5. The number of H-pyrrole nitrogens is 1. The topological polar surface area (TPSA) is 66.0 Å². The molecule has 1 heterocycles. The Kier molecular flexibility index (Phi) is 4.36. The van der Waals surface area contributed by atoms with Crippen molar-refractivity contribution >= 4 is 40.4 Å². The Bertz CT molecular complexity index is 768. The summed E-state index contributed by atoms with van der Waals surface area (Å²) in [7, 11) is 0. The second kappa shape index (κ2) is 6.42. The van der Waals surface area contributed by atoms with E-state index in [0.717, 1.165) is 16.6 Å². The maximum atomic E-state index is 11.5. The minimum Gasteiger partial charge on any atom is -0.480 e. The molecule has 1 aromatic heterocycles. The van der Waals surface area contributed by atoms with E-state index in [1.807, 2.05) is 36.4 Å². The first kappa shape index (κ1) is 14.9. The van der Waals surface area contributed by atoms with E-state index in [1.165, 1.54) is 11.8 Å². The van der Waals surface area contributed by atoms with Crippen molar-refractivity contribution in [2.24, 2.45) is 0 Å². The van der Waals surface area contributed by atoms with Crippen molar-refractivity contribution in [3.05, 3.63) is 59.1 Å². The molecule has 0 aliphatic carbocycles. The van der Waals surface area contributed by atoms with Crippen molar-refractivity contribution in [2.75, 3.05) is 0 Å². The van der Waals surface area contributed by atoms with Crippen LogP contribution in [0.5, 0.6) is 0 Å². The summed E-state index contributed by atoms with van der Waals surface area (Å²) < 4.78 is 0.